The molecular formula is C22H28N6S2. The quantitative estimate of drug-likeness (QED) is 0.563. The summed E-state index contributed by atoms with van der Waals surface area (Å²) in [6.07, 6.45) is 4.76. The fourth-order valence-electron chi connectivity index (χ4n) is 4.25. The molecule has 8 heteroatoms. The summed E-state index contributed by atoms with van der Waals surface area (Å²) in [5.41, 5.74) is 4.68. The second kappa shape index (κ2) is 8.83. The molecule has 1 fully saturated rings. The molecular weight excluding hydrogens is 412 g/mol. The fraction of sp³-hybridized carbons (Fsp3) is 0.409. The number of aryl methyl sites for hydroxylation is 1. The van der Waals surface area contributed by atoms with Gasteiger partial charge in [-0.3, -0.25) is 9.55 Å². The summed E-state index contributed by atoms with van der Waals surface area (Å²) < 4.78 is 2.24. The van der Waals surface area contributed by atoms with E-state index in [0.717, 1.165) is 35.4 Å². The molecule has 0 radical (unpaired) electrons. The zero-order chi connectivity index (χ0) is 21.3. The van der Waals surface area contributed by atoms with Gasteiger partial charge in [0, 0.05) is 35.7 Å². The van der Waals surface area contributed by atoms with Gasteiger partial charge in [0.1, 0.15) is 0 Å². The minimum Gasteiger partial charge on any atom is -0.352 e. The Kier molecular flexibility index (Phi) is 6.17. The molecule has 0 bridgehead atoms. The lowest BCUT2D eigenvalue weighted by Gasteiger charge is -2.28. The summed E-state index contributed by atoms with van der Waals surface area (Å²) in [7, 11) is 4.22. The van der Waals surface area contributed by atoms with E-state index in [0.29, 0.717) is 0 Å². The molecule has 1 aliphatic rings. The molecule has 1 N–H and O–H groups in total. The predicted octanol–water partition coefficient (Wildman–Crippen LogP) is 3.87. The number of nitrogens with zero attached hydrogens (tertiary/aromatic N) is 5. The Morgan fingerprint density at radius 2 is 2.03 bits per heavy atom. The van der Waals surface area contributed by atoms with Crippen LogP contribution >= 0.6 is 23.6 Å². The van der Waals surface area contributed by atoms with Gasteiger partial charge in [-0.25, -0.2) is 4.98 Å². The Hall–Kier alpha value is -2.29. The molecule has 1 saturated heterocycles. The van der Waals surface area contributed by atoms with Crippen molar-refractivity contribution in [3.05, 3.63) is 64.7 Å². The highest BCUT2D eigenvalue weighted by Crippen LogP contribution is 2.41. The summed E-state index contributed by atoms with van der Waals surface area (Å²) in [5.74, 6) is 0. The van der Waals surface area contributed by atoms with E-state index in [1.54, 1.807) is 11.3 Å². The second-order valence-corrected chi connectivity index (χ2v) is 9.21. The Labute approximate surface area is 187 Å². The molecule has 3 aromatic heterocycles. The van der Waals surface area contributed by atoms with Crippen LogP contribution in [0.15, 0.2) is 42.0 Å². The van der Waals surface area contributed by atoms with Crippen LogP contribution in [-0.4, -0.2) is 56.6 Å². The molecule has 0 aromatic carbocycles. The first kappa shape index (κ1) is 21.0. The van der Waals surface area contributed by atoms with Crippen LogP contribution in [0.3, 0.4) is 0 Å². The summed E-state index contributed by atoms with van der Waals surface area (Å²) in [5, 5.41) is 7.37. The molecule has 0 spiro atoms. The molecule has 0 saturated carbocycles. The van der Waals surface area contributed by atoms with Crippen LogP contribution in [0.25, 0.3) is 5.13 Å². The third-order valence-corrected chi connectivity index (χ3v) is 6.71. The Bertz CT molecular complexity index is 996. The van der Waals surface area contributed by atoms with Gasteiger partial charge in [-0.2, -0.15) is 0 Å². The van der Waals surface area contributed by atoms with Gasteiger partial charge in [0.2, 0.25) is 0 Å². The van der Waals surface area contributed by atoms with E-state index in [9.17, 15) is 0 Å². The van der Waals surface area contributed by atoms with Gasteiger partial charge in [-0.1, -0.05) is 6.07 Å². The summed E-state index contributed by atoms with van der Waals surface area (Å²) in [6, 6.07) is 8.47. The molecule has 4 rings (SSSR count). The van der Waals surface area contributed by atoms with Gasteiger partial charge in [0.25, 0.3) is 0 Å². The van der Waals surface area contributed by atoms with Crippen molar-refractivity contribution in [2.24, 2.45) is 0 Å². The second-order valence-electron chi connectivity index (χ2n) is 7.95. The minimum absolute atomic E-state index is 0.0169. The van der Waals surface area contributed by atoms with Crippen molar-refractivity contribution < 1.29 is 0 Å². The van der Waals surface area contributed by atoms with Crippen LogP contribution in [0.1, 0.15) is 41.1 Å². The van der Waals surface area contributed by atoms with Gasteiger partial charge < -0.3 is 15.1 Å². The molecule has 0 unspecified atom stereocenters. The zero-order valence-electron chi connectivity index (χ0n) is 17.9. The van der Waals surface area contributed by atoms with Crippen LogP contribution in [0.5, 0.6) is 0 Å². The molecule has 1 aliphatic heterocycles. The van der Waals surface area contributed by atoms with E-state index in [4.69, 9.17) is 12.2 Å². The number of hydrogen-bond donors (Lipinski definition) is 1. The number of aromatic nitrogens is 3. The number of thiocarbonyl (C=S) groups is 1. The maximum Gasteiger partial charge on any atom is 0.193 e. The largest absolute Gasteiger partial charge is 0.352 e. The van der Waals surface area contributed by atoms with Crippen molar-refractivity contribution >= 4 is 28.7 Å². The SMILES string of the molecule is Cc1cc([C@H]2[C@@H](c3ccccn3)NC(=S)N2CCCN(C)C)c(C)n1-c1nccs1. The normalized spacial score (nSPS) is 19.0. The number of thiazole rings is 1. The predicted molar refractivity (Wildman–Crippen MR) is 126 cm³/mol. The number of pyridine rings is 1. The van der Waals surface area contributed by atoms with Gasteiger partial charge in [0.05, 0.1) is 17.8 Å². The van der Waals surface area contributed by atoms with Crippen molar-refractivity contribution in [3.8, 4) is 5.13 Å². The summed E-state index contributed by atoms with van der Waals surface area (Å²) >= 11 is 7.45. The molecule has 0 aliphatic carbocycles. The zero-order valence-corrected chi connectivity index (χ0v) is 19.5. The van der Waals surface area contributed by atoms with Crippen molar-refractivity contribution in [2.75, 3.05) is 27.2 Å². The molecule has 30 heavy (non-hydrogen) atoms. The van der Waals surface area contributed by atoms with Crippen molar-refractivity contribution in [1.82, 2.24) is 29.7 Å². The maximum atomic E-state index is 5.79. The van der Waals surface area contributed by atoms with E-state index >= 15 is 0 Å². The number of rotatable bonds is 7. The highest BCUT2D eigenvalue weighted by molar-refractivity contribution is 7.80. The van der Waals surface area contributed by atoms with Crippen LogP contribution in [-0.2, 0) is 0 Å². The lowest BCUT2D eigenvalue weighted by Crippen LogP contribution is -2.32. The van der Waals surface area contributed by atoms with Gasteiger partial charge in [-0.15, -0.1) is 11.3 Å². The Balaban J connectivity index is 1.75. The van der Waals surface area contributed by atoms with E-state index in [2.05, 4.69) is 69.7 Å². The van der Waals surface area contributed by atoms with Crippen LogP contribution < -0.4 is 5.32 Å². The molecule has 3 aromatic rings. The minimum atomic E-state index is 0.0169. The highest BCUT2D eigenvalue weighted by Gasteiger charge is 2.41. The Morgan fingerprint density at radius 3 is 2.70 bits per heavy atom. The summed E-state index contributed by atoms with van der Waals surface area (Å²) in [6.45, 7) is 6.25. The number of nitrogens with one attached hydrogen (secondary N) is 1. The number of hydrogen-bond acceptors (Lipinski definition) is 5. The van der Waals surface area contributed by atoms with Crippen LogP contribution in [0.4, 0.5) is 0 Å². The van der Waals surface area contributed by atoms with E-state index < -0.39 is 0 Å². The van der Waals surface area contributed by atoms with E-state index in [-0.39, 0.29) is 12.1 Å². The highest BCUT2D eigenvalue weighted by atomic mass is 32.1. The topological polar surface area (TPSA) is 49.2 Å². The van der Waals surface area contributed by atoms with Crippen LogP contribution in [0, 0.1) is 13.8 Å². The van der Waals surface area contributed by atoms with Gasteiger partial charge in [-0.05, 0) is 76.9 Å². The molecule has 6 nitrogen and oxygen atoms in total. The van der Waals surface area contributed by atoms with E-state index in [1.165, 1.54) is 17.0 Å². The Morgan fingerprint density at radius 1 is 1.20 bits per heavy atom. The first-order valence-corrected chi connectivity index (χ1v) is 11.5. The average Bonchev–Trinajstić information content (AvgIpc) is 3.41. The summed E-state index contributed by atoms with van der Waals surface area (Å²) in [4.78, 5) is 13.7. The fourth-order valence-corrected chi connectivity index (χ4v) is 5.33. The standard InChI is InChI=1S/C22H28N6S2/c1-15-14-17(16(2)28(15)22-24-10-13-30-22)20-19(18-8-5-6-9-23-18)25-21(29)27(20)12-7-11-26(3)4/h5-6,8-10,13-14,19-20H,7,11-12H2,1-4H3,(H,25,29)/t19-,20+/m1/s1. The third kappa shape index (κ3) is 3.99. The van der Waals surface area contributed by atoms with Gasteiger partial charge in [0.15, 0.2) is 10.2 Å². The lowest BCUT2D eigenvalue weighted by molar-refractivity contribution is 0.292. The average molecular weight is 441 g/mol. The monoisotopic (exact) mass is 440 g/mol. The molecule has 4 heterocycles. The lowest BCUT2D eigenvalue weighted by atomic mass is 9.96. The van der Waals surface area contributed by atoms with Gasteiger partial charge >= 0.3 is 0 Å². The van der Waals surface area contributed by atoms with Crippen LogP contribution in [0.2, 0.25) is 0 Å². The third-order valence-electron chi connectivity index (χ3n) is 5.60. The van der Waals surface area contributed by atoms with E-state index in [1.807, 2.05) is 29.9 Å². The molecule has 158 valence electrons. The first-order valence-electron chi connectivity index (χ1n) is 10.2. The van der Waals surface area contributed by atoms with Crippen molar-refractivity contribution in [2.45, 2.75) is 32.4 Å². The smallest absolute Gasteiger partial charge is 0.193 e. The molecule has 2 atom stereocenters. The van der Waals surface area contributed by atoms with Crippen molar-refractivity contribution in [1.29, 1.82) is 0 Å². The maximum absolute atomic E-state index is 5.79. The van der Waals surface area contributed by atoms with Crippen molar-refractivity contribution in [3.63, 3.8) is 0 Å². The molecule has 0 amide bonds. The first-order chi connectivity index (χ1) is 14.5.